The highest BCUT2D eigenvalue weighted by atomic mass is 16.5. The van der Waals surface area contributed by atoms with Crippen molar-refractivity contribution in [2.24, 2.45) is 0 Å². The van der Waals surface area contributed by atoms with Crippen molar-refractivity contribution in [3.05, 3.63) is 46.4 Å². The number of anilines is 1. The van der Waals surface area contributed by atoms with Gasteiger partial charge in [-0.05, 0) is 51.0 Å². The molecular formula is C17H18N4O2. The predicted octanol–water partition coefficient (Wildman–Crippen LogP) is 3.03. The van der Waals surface area contributed by atoms with Crippen molar-refractivity contribution < 1.29 is 9.32 Å². The Hall–Kier alpha value is -2.76. The number of fused-ring (bicyclic) bond motifs is 1. The molecule has 3 aromatic rings. The number of amides is 1. The second-order valence-corrected chi connectivity index (χ2v) is 5.78. The number of hydrogen-bond acceptors (Lipinski definition) is 5. The minimum atomic E-state index is -0.217. The van der Waals surface area contributed by atoms with Gasteiger partial charge >= 0.3 is 0 Å². The van der Waals surface area contributed by atoms with Gasteiger partial charge in [0.05, 0.1) is 6.42 Å². The molecule has 6 nitrogen and oxygen atoms in total. The molecule has 23 heavy (non-hydrogen) atoms. The zero-order chi connectivity index (χ0) is 16.6. The van der Waals surface area contributed by atoms with Crippen molar-refractivity contribution in [1.82, 2.24) is 15.1 Å². The van der Waals surface area contributed by atoms with Crippen LogP contribution in [0, 0.1) is 27.7 Å². The van der Waals surface area contributed by atoms with E-state index in [1.165, 1.54) is 0 Å². The van der Waals surface area contributed by atoms with Gasteiger partial charge in [-0.1, -0.05) is 11.2 Å². The first-order valence-corrected chi connectivity index (χ1v) is 7.40. The highest BCUT2D eigenvalue weighted by molar-refractivity contribution is 5.94. The lowest BCUT2D eigenvalue weighted by atomic mass is 10.0. The van der Waals surface area contributed by atoms with Gasteiger partial charge in [0, 0.05) is 16.8 Å². The Balaban J connectivity index is 1.83. The Bertz CT molecular complexity index is 879. The van der Waals surface area contributed by atoms with E-state index in [1.807, 2.05) is 45.9 Å². The van der Waals surface area contributed by atoms with Gasteiger partial charge < -0.3 is 4.52 Å². The molecule has 6 heteroatoms. The Morgan fingerprint density at radius 3 is 2.48 bits per heavy atom. The summed E-state index contributed by atoms with van der Waals surface area (Å²) < 4.78 is 5.34. The van der Waals surface area contributed by atoms with Crippen molar-refractivity contribution in [3.8, 4) is 0 Å². The minimum Gasteiger partial charge on any atom is -0.356 e. The van der Waals surface area contributed by atoms with Crippen LogP contribution in [0.15, 0.2) is 22.7 Å². The standard InChI is InChI=1S/C17H18N4O2/c1-9-5-10(2)16-13(21-23-14(16)6-9)8-15(22)20-17-18-11(3)7-12(4)19-17/h5-7H,8H2,1-4H3,(H,18,19,20,22). The molecule has 0 atom stereocenters. The minimum absolute atomic E-state index is 0.118. The lowest BCUT2D eigenvalue weighted by Gasteiger charge is -2.05. The van der Waals surface area contributed by atoms with E-state index in [-0.39, 0.29) is 12.3 Å². The highest BCUT2D eigenvalue weighted by Crippen LogP contribution is 2.24. The second kappa shape index (κ2) is 5.79. The van der Waals surface area contributed by atoms with Gasteiger partial charge in [0.2, 0.25) is 11.9 Å². The van der Waals surface area contributed by atoms with Crippen LogP contribution in [0.5, 0.6) is 0 Å². The Morgan fingerprint density at radius 1 is 1.09 bits per heavy atom. The molecule has 1 aromatic carbocycles. The first kappa shape index (κ1) is 15.1. The van der Waals surface area contributed by atoms with Crippen LogP contribution in [0.25, 0.3) is 11.0 Å². The molecule has 0 aliphatic carbocycles. The second-order valence-electron chi connectivity index (χ2n) is 5.78. The third kappa shape index (κ3) is 3.21. The summed E-state index contributed by atoms with van der Waals surface area (Å²) in [6, 6.07) is 5.82. The Morgan fingerprint density at radius 2 is 1.78 bits per heavy atom. The van der Waals surface area contributed by atoms with Crippen molar-refractivity contribution in [2.75, 3.05) is 5.32 Å². The SMILES string of the molecule is Cc1cc(C)c2c(CC(=O)Nc3nc(C)cc(C)n3)noc2c1. The maximum atomic E-state index is 12.3. The van der Waals surface area contributed by atoms with Crippen molar-refractivity contribution in [1.29, 1.82) is 0 Å². The fraction of sp³-hybridized carbons (Fsp3) is 0.294. The normalized spacial score (nSPS) is 11.0. The van der Waals surface area contributed by atoms with Crippen LogP contribution in [0.4, 0.5) is 5.95 Å². The quantitative estimate of drug-likeness (QED) is 0.804. The monoisotopic (exact) mass is 310 g/mol. The van der Waals surface area contributed by atoms with Crippen LogP contribution in [0.3, 0.4) is 0 Å². The van der Waals surface area contributed by atoms with Crippen LogP contribution in [-0.2, 0) is 11.2 Å². The van der Waals surface area contributed by atoms with E-state index in [0.29, 0.717) is 17.2 Å². The number of hydrogen-bond donors (Lipinski definition) is 1. The molecular weight excluding hydrogens is 292 g/mol. The van der Waals surface area contributed by atoms with E-state index in [4.69, 9.17) is 4.52 Å². The summed E-state index contributed by atoms with van der Waals surface area (Å²) in [5.41, 5.74) is 5.10. The molecule has 0 spiro atoms. The summed E-state index contributed by atoms with van der Waals surface area (Å²) in [5.74, 6) is 0.0954. The molecule has 118 valence electrons. The maximum absolute atomic E-state index is 12.3. The first-order valence-electron chi connectivity index (χ1n) is 7.40. The predicted molar refractivity (Wildman–Crippen MR) is 87.3 cm³/mol. The first-order chi connectivity index (χ1) is 10.9. The van der Waals surface area contributed by atoms with Gasteiger partial charge in [-0.3, -0.25) is 10.1 Å². The Kier molecular flexibility index (Phi) is 3.82. The molecule has 0 saturated heterocycles. The largest absolute Gasteiger partial charge is 0.356 e. The van der Waals surface area contributed by atoms with E-state index in [9.17, 15) is 4.79 Å². The summed E-state index contributed by atoms with van der Waals surface area (Å²) in [7, 11) is 0. The third-order valence-electron chi connectivity index (χ3n) is 3.55. The van der Waals surface area contributed by atoms with Crippen LogP contribution >= 0.6 is 0 Å². The lowest BCUT2D eigenvalue weighted by Crippen LogP contribution is -2.17. The van der Waals surface area contributed by atoms with Gasteiger partial charge in [-0.15, -0.1) is 0 Å². The molecule has 0 radical (unpaired) electrons. The number of aryl methyl sites for hydroxylation is 4. The summed E-state index contributed by atoms with van der Waals surface area (Å²) in [6.45, 7) is 7.71. The van der Waals surface area contributed by atoms with E-state index >= 15 is 0 Å². The van der Waals surface area contributed by atoms with Gasteiger partial charge in [-0.25, -0.2) is 9.97 Å². The molecule has 0 unspecified atom stereocenters. The molecule has 2 aromatic heterocycles. The van der Waals surface area contributed by atoms with Crippen LogP contribution in [0.1, 0.15) is 28.2 Å². The number of rotatable bonds is 3. The van der Waals surface area contributed by atoms with Gasteiger partial charge in [0.25, 0.3) is 0 Å². The number of nitrogens with zero attached hydrogens (tertiary/aromatic N) is 3. The molecule has 0 bridgehead atoms. The van der Waals surface area contributed by atoms with E-state index < -0.39 is 0 Å². The van der Waals surface area contributed by atoms with Gasteiger partial charge in [-0.2, -0.15) is 0 Å². The average molecular weight is 310 g/mol. The number of carbonyl (C=O) groups is 1. The summed E-state index contributed by atoms with van der Waals surface area (Å²) in [6.07, 6.45) is 0.118. The summed E-state index contributed by atoms with van der Waals surface area (Å²) in [4.78, 5) is 20.7. The maximum Gasteiger partial charge on any atom is 0.232 e. The fourth-order valence-corrected chi connectivity index (χ4v) is 2.74. The topological polar surface area (TPSA) is 80.9 Å². The average Bonchev–Trinajstić information content (AvgIpc) is 2.80. The molecule has 0 aliphatic heterocycles. The molecule has 3 rings (SSSR count). The molecule has 0 aliphatic rings. The van der Waals surface area contributed by atoms with E-state index in [2.05, 4.69) is 20.4 Å². The van der Waals surface area contributed by atoms with Crippen LogP contribution in [0.2, 0.25) is 0 Å². The van der Waals surface area contributed by atoms with Crippen molar-refractivity contribution in [3.63, 3.8) is 0 Å². The number of aromatic nitrogens is 3. The summed E-state index contributed by atoms with van der Waals surface area (Å²) in [5, 5.41) is 7.65. The van der Waals surface area contributed by atoms with E-state index in [0.717, 1.165) is 27.9 Å². The van der Waals surface area contributed by atoms with Crippen LogP contribution in [-0.4, -0.2) is 21.0 Å². The smallest absolute Gasteiger partial charge is 0.232 e. The molecule has 0 fully saturated rings. The van der Waals surface area contributed by atoms with E-state index in [1.54, 1.807) is 0 Å². The van der Waals surface area contributed by atoms with Crippen molar-refractivity contribution >= 4 is 22.8 Å². The molecule has 1 amide bonds. The van der Waals surface area contributed by atoms with Gasteiger partial charge in [0.15, 0.2) is 5.58 Å². The molecule has 2 heterocycles. The highest BCUT2D eigenvalue weighted by Gasteiger charge is 2.15. The summed E-state index contributed by atoms with van der Waals surface area (Å²) >= 11 is 0. The fourth-order valence-electron chi connectivity index (χ4n) is 2.74. The Labute approximate surface area is 133 Å². The third-order valence-corrected chi connectivity index (χ3v) is 3.55. The lowest BCUT2D eigenvalue weighted by molar-refractivity contribution is -0.115. The van der Waals surface area contributed by atoms with Crippen LogP contribution < -0.4 is 5.32 Å². The van der Waals surface area contributed by atoms with Gasteiger partial charge in [0.1, 0.15) is 5.69 Å². The molecule has 1 N–H and O–H groups in total. The number of carbonyl (C=O) groups excluding carboxylic acids is 1. The van der Waals surface area contributed by atoms with Crippen molar-refractivity contribution in [2.45, 2.75) is 34.1 Å². The zero-order valence-corrected chi connectivity index (χ0v) is 13.6. The molecule has 0 saturated carbocycles. The number of benzene rings is 1. The number of nitrogens with one attached hydrogen (secondary N) is 1. The zero-order valence-electron chi connectivity index (χ0n) is 13.6.